The van der Waals surface area contributed by atoms with Crippen molar-refractivity contribution < 1.29 is 8.42 Å². The van der Waals surface area contributed by atoms with Crippen LogP contribution in [0.5, 0.6) is 0 Å². The number of hydrogen-bond acceptors (Lipinski definition) is 5. The number of anilines is 1. The SMILES string of the molecule is Cc1nc(C2CCCCC2)n2c1c(NS(C)(=O)=O)nc1ccc(=O)[nH]c12. The molecule has 1 aliphatic carbocycles. The van der Waals surface area contributed by atoms with Gasteiger partial charge in [-0.3, -0.25) is 13.9 Å². The summed E-state index contributed by atoms with van der Waals surface area (Å²) in [6.07, 6.45) is 6.68. The molecule has 9 heteroatoms. The maximum absolute atomic E-state index is 11.9. The second-order valence-electron chi connectivity index (χ2n) is 6.97. The van der Waals surface area contributed by atoms with Gasteiger partial charge in [0.2, 0.25) is 15.6 Å². The van der Waals surface area contributed by atoms with Crippen LogP contribution in [0.15, 0.2) is 16.9 Å². The number of pyridine rings is 1. The van der Waals surface area contributed by atoms with E-state index in [1.807, 2.05) is 11.3 Å². The molecule has 0 aromatic carbocycles. The summed E-state index contributed by atoms with van der Waals surface area (Å²) in [4.78, 5) is 23.9. The number of fused-ring (bicyclic) bond motifs is 3. The first-order valence-electron chi connectivity index (χ1n) is 8.73. The van der Waals surface area contributed by atoms with E-state index in [-0.39, 0.29) is 17.3 Å². The zero-order valence-electron chi connectivity index (χ0n) is 14.7. The van der Waals surface area contributed by atoms with Crippen LogP contribution in [-0.4, -0.2) is 34.0 Å². The number of nitrogens with one attached hydrogen (secondary N) is 2. The van der Waals surface area contributed by atoms with E-state index in [4.69, 9.17) is 4.98 Å². The molecule has 138 valence electrons. The van der Waals surface area contributed by atoms with Crippen LogP contribution in [-0.2, 0) is 10.0 Å². The Morgan fingerprint density at radius 1 is 1.19 bits per heavy atom. The van der Waals surface area contributed by atoms with Crippen LogP contribution in [0.2, 0.25) is 0 Å². The van der Waals surface area contributed by atoms with Crippen LogP contribution in [0.4, 0.5) is 5.82 Å². The molecule has 1 saturated carbocycles. The first-order valence-corrected chi connectivity index (χ1v) is 10.6. The number of rotatable bonds is 3. The maximum atomic E-state index is 11.9. The molecule has 4 rings (SSSR count). The highest BCUT2D eigenvalue weighted by Crippen LogP contribution is 2.35. The molecule has 3 aromatic heterocycles. The minimum Gasteiger partial charge on any atom is -0.306 e. The molecule has 0 amide bonds. The third-order valence-corrected chi connectivity index (χ3v) is 5.45. The van der Waals surface area contributed by atoms with Gasteiger partial charge in [-0.05, 0) is 25.8 Å². The van der Waals surface area contributed by atoms with Crippen LogP contribution >= 0.6 is 0 Å². The first-order chi connectivity index (χ1) is 12.3. The van der Waals surface area contributed by atoms with Crippen molar-refractivity contribution in [3.8, 4) is 0 Å². The average molecular weight is 375 g/mol. The number of imidazole rings is 1. The van der Waals surface area contributed by atoms with Crippen LogP contribution in [0.3, 0.4) is 0 Å². The van der Waals surface area contributed by atoms with Crippen molar-refractivity contribution in [2.24, 2.45) is 0 Å². The molecule has 0 unspecified atom stereocenters. The number of aromatic amines is 1. The van der Waals surface area contributed by atoms with Gasteiger partial charge in [0.15, 0.2) is 5.82 Å². The topological polar surface area (TPSA) is 109 Å². The molecule has 2 N–H and O–H groups in total. The van der Waals surface area contributed by atoms with Gasteiger partial charge in [-0.2, -0.15) is 0 Å². The quantitative estimate of drug-likeness (QED) is 0.730. The number of sulfonamides is 1. The van der Waals surface area contributed by atoms with Gasteiger partial charge in [0, 0.05) is 12.0 Å². The van der Waals surface area contributed by atoms with E-state index in [1.165, 1.54) is 12.5 Å². The average Bonchev–Trinajstić information content (AvgIpc) is 2.93. The molecule has 3 aromatic rings. The van der Waals surface area contributed by atoms with Crippen molar-refractivity contribution in [1.29, 1.82) is 0 Å². The molecule has 3 heterocycles. The van der Waals surface area contributed by atoms with Crippen LogP contribution in [0.1, 0.15) is 49.5 Å². The highest BCUT2D eigenvalue weighted by atomic mass is 32.2. The maximum Gasteiger partial charge on any atom is 0.249 e. The summed E-state index contributed by atoms with van der Waals surface area (Å²) in [6, 6.07) is 2.98. The lowest BCUT2D eigenvalue weighted by atomic mass is 9.89. The van der Waals surface area contributed by atoms with E-state index in [2.05, 4.69) is 14.7 Å². The van der Waals surface area contributed by atoms with E-state index in [9.17, 15) is 13.2 Å². The fourth-order valence-corrected chi connectivity index (χ4v) is 4.32. The fraction of sp³-hybridized carbons (Fsp3) is 0.471. The highest BCUT2D eigenvalue weighted by molar-refractivity contribution is 7.92. The number of aromatic nitrogens is 4. The second kappa shape index (κ2) is 6.08. The van der Waals surface area contributed by atoms with Crippen LogP contribution in [0, 0.1) is 6.92 Å². The van der Waals surface area contributed by atoms with Crippen molar-refractivity contribution in [2.45, 2.75) is 44.9 Å². The highest BCUT2D eigenvalue weighted by Gasteiger charge is 2.25. The lowest BCUT2D eigenvalue weighted by molar-refractivity contribution is 0.428. The number of H-pyrrole nitrogens is 1. The molecular formula is C17H21N5O3S. The molecule has 26 heavy (non-hydrogen) atoms. The third kappa shape index (κ3) is 2.96. The number of hydrogen-bond donors (Lipinski definition) is 2. The third-order valence-electron chi connectivity index (χ3n) is 4.89. The van der Waals surface area contributed by atoms with Gasteiger partial charge in [0.25, 0.3) is 0 Å². The summed E-state index contributed by atoms with van der Waals surface area (Å²) >= 11 is 0. The zero-order valence-corrected chi connectivity index (χ0v) is 15.6. The van der Waals surface area contributed by atoms with Gasteiger partial charge in [-0.1, -0.05) is 19.3 Å². The Morgan fingerprint density at radius 3 is 2.62 bits per heavy atom. The molecule has 0 atom stereocenters. The predicted molar refractivity (Wildman–Crippen MR) is 100 cm³/mol. The van der Waals surface area contributed by atoms with E-state index in [0.29, 0.717) is 22.4 Å². The Kier molecular flexibility index (Phi) is 3.98. The summed E-state index contributed by atoms with van der Waals surface area (Å²) < 4.78 is 28.0. The Balaban J connectivity index is 2.09. The van der Waals surface area contributed by atoms with Crippen molar-refractivity contribution >= 4 is 32.5 Å². The van der Waals surface area contributed by atoms with Crippen LogP contribution in [0.25, 0.3) is 16.7 Å². The van der Waals surface area contributed by atoms with Gasteiger partial charge in [0.05, 0.1) is 11.9 Å². The fourth-order valence-electron chi connectivity index (χ4n) is 3.83. The molecule has 0 spiro atoms. The molecule has 0 aliphatic heterocycles. The van der Waals surface area contributed by atoms with Gasteiger partial charge in [-0.15, -0.1) is 0 Å². The van der Waals surface area contributed by atoms with E-state index in [1.54, 1.807) is 6.07 Å². The van der Waals surface area contributed by atoms with E-state index >= 15 is 0 Å². The summed E-state index contributed by atoms with van der Waals surface area (Å²) in [5.41, 5.74) is 2.11. The predicted octanol–water partition coefficient (Wildman–Crippen LogP) is 2.30. The molecule has 1 fully saturated rings. The lowest BCUT2D eigenvalue weighted by Gasteiger charge is -2.21. The van der Waals surface area contributed by atoms with Crippen molar-refractivity contribution in [3.63, 3.8) is 0 Å². The summed E-state index contributed by atoms with van der Waals surface area (Å²) in [5, 5.41) is 0. The largest absolute Gasteiger partial charge is 0.306 e. The number of nitrogens with zero attached hydrogens (tertiary/aromatic N) is 3. The molecule has 8 nitrogen and oxygen atoms in total. The molecular weight excluding hydrogens is 354 g/mol. The van der Waals surface area contributed by atoms with Gasteiger partial charge in [-0.25, -0.2) is 18.4 Å². The Morgan fingerprint density at radius 2 is 1.92 bits per heavy atom. The Labute approximate surface area is 150 Å². The van der Waals surface area contributed by atoms with E-state index < -0.39 is 10.0 Å². The van der Waals surface area contributed by atoms with Crippen molar-refractivity contribution in [3.05, 3.63) is 34.0 Å². The van der Waals surface area contributed by atoms with Crippen molar-refractivity contribution in [2.75, 3.05) is 11.0 Å². The van der Waals surface area contributed by atoms with Gasteiger partial charge in [0.1, 0.15) is 22.5 Å². The second-order valence-corrected chi connectivity index (χ2v) is 8.71. The van der Waals surface area contributed by atoms with Gasteiger partial charge >= 0.3 is 0 Å². The Bertz CT molecular complexity index is 1160. The minimum absolute atomic E-state index is 0.231. The standard InChI is InChI=1S/C17H21N5O3S/c1-10-14-15(21-26(2,24)25)19-12-8-9-13(23)20-17(12)22(14)16(18-10)11-6-4-3-5-7-11/h8-9,11H,3-7H2,1-2H3,(H,19,21)(H,20,23). The molecule has 1 aliphatic rings. The summed E-state index contributed by atoms with van der Waals surface area (Å²) in [6.45, 7) is 1.84. The molecule has 0 saturated heterocycles. The molecule has 0 radical (unpaired) electrons. The van der Waals surface area contributed by atoms with Crippen molar-refractivity contribution in [1.82, 2.24) is 19.4 Å². The summed E-state index contributed by atoms with van der Waals surface area (Å²) in [5.74, 6) is 1.38. The van der Waals surface area contributed by atoms with E-state index in [0.717, 1.165) is 37.8 Å². The Hall–Kier alpha value is -2.42. The molecule has 0 bridgehead atoms. The monoisotopic (exact) mass is 375 g/mol. The normalized spacial score (nSPS) is 16.4. The lowest BCUT2D eigenvalue weighted by Crippen LogP contribution is -2.15. The minimum atomic E-state index is -3.50. The first kappa shape index (κ1) is 17.0. The smallest absolute Gasteiger partial charge is 0.249 e. The van der Waals surface area contributed by atoms with Gasteiger partial charge < -0.3 is 4.98 Å². The van der Waals surface area contributed by atoms with Crippen LogP contribution < -0.4 is 10.3 Å². The zero-order chi connectivity index (χ0) is 18.5. The number of aryl methyl sites for hydroxylation is 1. The summed E-state index contributed by atoms with van der Waals surface area (Å²) in [7, 11) is -3.50.